The van der Waals surface area contributed by atoms with E-state index >= 15 is 0 Å². The number of guanidine groups is 1. The van der Waals surface area contributed by atoms with Crippen molar-refractivity contribution in [3.63, 3.8) is 0 Å². The van der Waals surface area contributed by atoms with Crippen LogP contribution in [0.15, 0.2) is 29.3 Å². The Hall–Kier alpha value is -2.08. The minimum absolute atomic E-state index is 0. The Kier molecular flexibility index (Phi) is 9.63. The summed E-state index contributed by atoms with van der Waals surface area (Å²) in [7, 11) is 1.75. The fourth-order valence-corrected chi connectivity index (χ4v) is 3.53. The summed E-state index contributed by atoms with van der Waals surface area (Å²) in [5.41, 5.74) is 6.11. The normalized spacial score (nSPS) is 19.2. The molecule has 0 radical (unpaired) electrons. The zero-order valence-corrected chi connectivity index (χ0v) is 19.5. The Labute approximate surface area is 194 Å². The van der Waals surface area contributed by atoms with E-state index < -0.39 is 5.91 Å². The molecule has 2 aliphatic heterocycles. The van der Waals surface area contributed by atoms with Gasteiger partial charge in [0.15, 0.2) is 12.6 Å². The van der Waals surface area contributed by atoms with Gasteiger partial charge < -0.3 is 30.3 Å². The van der Waals surface area contributed by atoms with Crippen LogP contribution in [0.5, 0.6) is 5.75 Å². The summed E-state index contributed by atoms with van der Waals surface area (Å²) in [6, 6.07) is 7.48. The van der Waals surface area contributed by atoms with Crippen molar-refractivity contribution in [2.24, 2.45) is 10.7 Å². The summed E-state index contributed by atoms with van der Waals surface area (Å²) in [6.07, 6.45) is 1.52. The van der Waals surface area contributed by atoms with Crippen molar-refractivity contribution in [1.82, 2.24) is 15.1 Å². The van der Waals surface area contributed by atoms with Gasteiger partial charge in [-0.25, -0.2) is 0 Å². The van der Waals surface area contributed by atoms with Crippen LogP contribution in [0.2, 0.25) is 0 Å². The summed E-state index contributed by atoms with van der Waals surface area (Å²) in [5, 5.41) is 3.35. The number of hydrogen-bond donors (Lipinski definition) is 2. The van der Waals surface area contributed by atoms with Crippen molar-refractivity contribution in [2.45, 2.75) is 25.5 Å². The lowest BCUT2D eigenvalue weighted by Gasteiger charge is -2.37. The van der Waals surface area contributed by atoms with Crippen LogP contribution in [0.1, 0.15) is 18.4 Å². The molecule has 166 valence electrons. The van der Waals surface area contributed by atoms with Crippen LogP contribution in [0.25, 0.3) is 0 Å². The van der Waals surface area contributed by atoms with Crippen molar-refractivity contribution < 1.29 is 19.1 Å². The molecule has 1 aromatic rings. The monoisotopic (exact) mass is 531 g/mol. The second kappa shape index (κ2) is 11.9. The largest absolute Gasteiger partial charge is 0.484 e. The molecule has 0 aromatic heterocycles. The van der Waals surface area contributed by atoms with E-state index in [-0.39, 0.29) is 42.6 Å². The van der Waals surface area contributed by atoms with E-state index in [1.165, 1.54) is 0 Å². The number of carbonyl (C=O) groups excluding carboxylic acids is 2. The molecule has 30 heavy (non-hydrogen) atoms. The highest BCUT2D eigenvalue weighted by molar-refractivity contribution is 14.0. The summed E-state index contributed by atoms with van der Waals surface area (Å²) >= 11 is 0. The van der Waals surface area contributed by atoms with E-state index in [1.807, 2.05) is 23.1 Å². The molecule has 2 amide bonds. The molecule has 9 nitrogen and oxygen atoms in total. The van der Waals surface area contributed by atoms with Crippen LogP contribution >= 0.6 is 24.0 Å². The fraction of sp³-hybridized carbons (Fsp3) is 0.550. The summed E-state index contributed by atoms with van der Waals surface area (Å²) in [5.74, 6) is 0.987. The van der Waals surface area contributed by atoms with Crippen molar-refractivity contribution in [1.29, 1.82) is 0 Å². The number of nitrogens with one attached hydrogen (secondary N) is 1. The number of rotatable bonds is 6. The van der Waals surface area contributed by atoms with Crippen LogP contribution in [-0.2, 0) is 20.9 Å². The number of ether oxygens (including phenoxy) is 2. The second-order valence-corrected chi connectivity index (χ2v) is 7.12. The Bertz CT molecular complexity index is 746. The van der Waals surface area contributed by atoms with Gasteiger partial charge in [0, 0.05) is 46.4 Å². The van der Waals surface area contributed by atoms with E-state index in [0.29, 0.717) is 32.0 Å². The maximum Gasteiger partial charge on any atom is 0.255 e. The van der Waals surface area contributed by atoms with Gasteiger partial charge in [0.05, 0.1) is 0 Å². The van der Waals surface area contributed by atoms with E-state index in [9.17, 15) is 9.59 Å². The van der Waals surface area contributed by atoms with Gasteiger partial charge in [-0.15, -0.1) is 24.0 Å². The third-order valence-electron chi connectivity index (χ3n) is 5.04. The molecule has 0 saturated carbocycles. The van der Waals surface area contributed by atoms with Gasteiger partial charge in [-0.1, -0.05) is 12.1 Å². The van der Waals surface area contributed by atoms with Crippen LogP contribution in [-0.4, -0.2) is 80.1 Å². The third kappa shape index (κ3) is 6.73. The summed E-state index contributed by atoms with van der Waals surface area (Å²) in [4.78, 5) is 31.7. The first-order valence-corrected chi connectivity index (χ1v) is 9.93. The predicted octanol–water partition coefficient (Wildman–Crippen LogP) is 0.567. The van der Waals surface area contributed by atoms with Gasteiger partial charge in [-0.3, -0.25) is 14.6 Å². The zero-order chi connectivity index (χ0) is 20.6. The van der Waals surface area contributed by atoms with Crippen molar-refractivity contribution in [3.05, 3.63) is 29.8 Å². The number of carbonyl (C=O) groups is 2. The van der Waals surface area contributed by atoms with E-state index in [4.69, 9.17) is 15.2 Å². The predicted molar refractivity (Wildman–Crippen MR) is 124 cm³/mol. The van der Waals surface area contributed by atoms with Gasteiger partial charge >= 0.3 is 0 Å². The topological polar surface area (TPSA) is 109 Å². The second-order valence-electron chi connectivity index (χ2n) is 7.12. The molecule has 3 N–H and O–H groups in total. The minimum Gasteiger partial charge on any atom is -0.484 e. The fourth-order valence-electron chi connectivity index (χ4n) is 3.53. The van der Waals surface area contributed by atoms with Gasteiger partial charge in [-0.05, 0) is 30.5 Å². The Morgan fingerprint density at radius 1 is 1.27 bits per heavy atom. The van der Waals surface area contributed by atoms with E-state index in [0.717, 1.165) is 37.5 Å². The highest BCUT2D eigenvalue weighted by Crippen LogP contribution is 2.16. The lowest BCUT2D eigenvalue weighted by atomic mass is 10.2. The molecule has 1 aromatic carbocycles. The SMILES string of the molecule is CN=C(NCc1cccc(OCC(N)=O)c1)N1CCN(C(=O)C2CCCO2)CC1.I. The molecular formula is C20H30IN5O4. The number of aliphatic imine (C=N–C) groups is 1. The number of hydrogen-bond acceptors (Lipinski definition) is 5. The molecule has 2 heterocycles. The highest BCUT2D eigenvalue weighted by atomic mass is 127. The number of benzene rings is 1. The van der Waals surface area contributed by atoms with E-state index in [1.54, 1.807) is 13.1 Å². The number of primary amides is 1. The van der Waals surface area contributed by atoms with Crippen LogP contribution in [0.4, 0.5) is 0 Å². The molecule has 3 rings (SSSR count). The molecular weight excluding hydrogens is 501 g/mol. The van der Waals surface area contributed by atoms with Crippen LogP contribution in [0, 0.1) is 0 Å². The van der Waals surface area contributed by atoms with Gasteiger partial charge in [0.2, 0.25) is 0 Å². The molecule has 2 saturated heterocycles. The average molecular weight is 531 g/mol. The van der Waals surface area contributed by atoms with Crippen molar-refractivity contribution in [2.75, 3.05) is 46.4 Å². The number of piperazine rings is 1. The highest BCUT2D eigenvalue weighted by Gasteiger charge is 2.30. The van der Waals surface area contributed by atoms with Crippen LogP contribution in [0.3, 0.4) is 0 Å². The smallest absolute Gasteiger partial charge is 0.255 e. The molecule has 0 bridgehead atoms. The maximum absolute atomic E-state index is 12.5. The molecule has 2 fully saturated rings. The lowest BCUT2D eigenvalue weighted by molar-refractivity contribution is -0.142. The molecule has 0 spiro atoms. The van der Waals surface area contributed by atoms with Crippen LogP contribution < -0.4 is 15.8 Å². The van der Waals surface area contributed by atoms with Gasteiger partial charge in [0.1, 0.15) is 11.9 Å². The molecule has 1 atom stereocenters. The molecule has 10 heteroatoms. The first-order valence-electron chi connectivity index (χ1n) is 9.93. The minimum atomic E-state index is -0.508. The third-order valence-corrected chi connectivity index (χ3v) is 5.04. The summed E-state index contributed by atoms with van der Waals surface area (Å²) in [6.45, 7) is 3.87. The number of amides is 2. The standard InChI is InChI=1S/C20H29N5O4.HI/c1-22-20(23-13-15-4-2-5-16(12-15)29-14-18(21)26)25-9-7-24(8-10-25)19(27)17-6-3-11-28-17;/h2,4-5,12,17H,3,6-11,13-14H2,1H3,(H2,21,26)(H,22,23);1H. The average Bonchev–Trinajstić information content (AvgIpc) is 3.28. The number of nitrogens with zero attached hydrogens (tertiary/aromatic N) is 3. The Balaban J connectivity index is 0.00000320. The quantitative estimate of drug-likeness (QED) is 0.316. The molecule has 2 aliphatic rings. The molecule has 1 unspecified atom stereocenters. The Morgan fingerprint density at radius 3 is 2.63 bits per heavy atom. The summed E-state index contributed by atoms with van der Waals surface area (Å²) < 4.78 is 10.9. The maximum atomic E-state index is 12.5. The van der Waals surface area contributed by atoms with Gasteiger partial charge in [0.25, 0.3) is 11.8 Å². The lowest BCUT2D eigenvalue weighted by Crippen LogP contribution is -2.55. The zero-order valence-electron chi connectivity index (χ0n) is 17.2. The Morgan fingerprint density at radius 2 is 2.00 bits per heavy atom. The first kappa shape index (κ1) is 24.2. The van der Waals surface area contributed by atoms with Gasteiger partial charge in [-0.2, -0.15) is 0 Å². The van der Waals surface area contributed by atoms with Crippen molar-refractivity contribution in [3.8, 4) is 5.75 Å². The molecule has 0 aliphatic carbocycles. The number of nitrogens with two attached hydrogens (primary N) is 1. The number of halogens is 1. The van der Waals surface area contributed by atoms with Crippen molar-refractivity contribution >= 4 is 41.8 Å². The van der Waals surface area contributed by atoms with E-state index in [2.05, 4.69) is 15.2 Å². The first-order chi connectivity index (χ1) is 14.1.